The Morgan fingerprint density at radius 3 is 2.48 bits per heavy atom. The zero-order valence-corrected chi connectivity index (χ0v) is 17.7. The number of ether oxygens (including phenoxy) is 3. The molecule has 29 heavy (non-hydrogen) atoms. The number of hydrogen-bond donors (Lipinski definition) is 0. The van der Waals surface area contributed by atoms with Crippen LogP contribution in [0.15, 0.2) is 30.5 Å². The van der Waals surface area contributed by atoms with Crippen molar-refractivity contribution in [1.29, 1.82) is 0 Å². The van der Waals surface area contributed by atoms with E-state index in [9.17, 15) is 4.79 Å². The highest BCUT2D eigenvalue weighted by atomic mass is 16.5. The second-order valence-electron chi connectivity index (χ2n) is 7.42. The number of hydrogen-bond acceptors (Lipinski definition) is 6. The van der Waals surface area contributed by atoms with Crippen molar-refractivity contribution in [3.63, 3.8) is 0 Å². The van der Waals surface area contributed by atoms with E-state index in [1.807, 2.05) is 32.4 Å². The topological polar surface area (TPSA) is 75.5 Å². The zero-order chi connectivity index (χ0) is 21.1. The van der Waals surface area contributed by atoms with Gasteiger partial charge in [0.05, 0.1) is 31.4 Å². The smallest absolute Gasteiger partial charge is 0.339 e. The number of benzene rings is 1. The summed E-state index contributed by atoms with van der Waals surface area (Å²) in [6, 6.07) is 7.31. The van der Waals surface area contributed by atoms with Gasteiger partial charge in [-0.3, -0.25) is 0 Å². The molecule has 0 N–H and O–H groups in total. The highest BCUT2D eigenvalue weighted by Gasteiger charge is 2.20. The maximum Gasteiger partial charge on any atom is 0.339 e. The van der Waals surface area contributed by atoms with Gasteiger partial charge in [0.2, 0.25) is 0 Å². The van der Waals surface area contributed by atoms with E-state index < -0.39 is 5.97 Å². The lowest BCUT2D eigenvalue weighted by Gasteiger charge is -2.13. The van der Waals surface area contributed by atoms with Crippen molar-refractivity contribution in [2.24, 2.45) is 0 Å². The summed E-state index contributed by atoms with van der Waals surface area (Å²) >= 11 is 0. The van der Waals surface area contributed by atoms with Gasteiger partial charge < -0.3 is 14.2 Å². The summed E-state index contributed by atoms with van der Waals surface area (Å²) in [6.07, 6.45) is 1.68. The first-order chi connectivity index (χ1) is 13.8. The van der Waals surface area contributed by atoms with Crippen molar-refractivity contribution >= 4 is 17.0 Å². The van der Waals surface area contributed by atoms with Crippen molar-refractivity contribution in [2.45, 2.75) is 46.3 Å². The van der Waals surface area contributed by atoms with Crippen LogP contribution in [0.1, 0.15) is 61.3 Å². The van der Waals surface area contributed by atoms with Gasteiger partial charge in [-0.05, 0) is 44.0 Å². The molecule has 0 aliphatic heterocycles. The molecule has 0 radical (unpaired) electrons. The molecule has 0 aliphatic rings. The van der Waals surface area contributed by atoms with E-state index in [1.54, 1.807) is 44.7 Å². The van der Waals surface area contributed by atoms with Crippen molar-refractivity contribution in [3.05, 3.63) is 47.3 Å². The molecule has 154 valence electrons. The van der Waals surface area contributed by atoms with Crippen LogP contribution in [0.3, 0.4) is 0 Å². The van der Waals surface area contributed by atoms with Gasteiger partial charge in [-0.2, -0.15) is 5.10 Å². The summed E-state index contributed by atoms with van der Waals surface area (Å²) < 4.78 is 18.1. The quantitative estimate of drug-likeness (QED) is 0.546. The fourth-order valence-corrected chi connectivity index (χ4v) is 3.10. The number of aromatic nitrogens is 3. The van der Waals surface area contributed by atoms with Gasteiger partial charge in [0.25, 0.3) is 0 Å². The molecule has 0 spiro atoms. The van der Waals surface area contributed by atoms with Gasteiger partial charge >= 0.3 is 5.97 Å². The number of nitrogens with zero attached hydrogens (tertiary/aromatic N) is 3. The molecule has 0 saturated carbocycles. The van der Waals surface area contributed by atoms with Crippen LogP contribution in [-0.2, 0) is 11.3 Å². The minimum atomic E-state index is -0.424. The van der Waals surface area contributed by atoms with Crippen LogP contribution in [0.4, 0.5) is 0 Å². The lowest BCUT2D eigenvalue weighted by molar-refractivity contribution is 0.0472. The number of fused-ring (bicyclic) bond motifs is 1. The van der Waals surface area contributed by atoms with Crippen LogP contribution >= 0.6 is 0 Å². The van der Waals surface area contributed by atoms with E-state index in [2.05, 4.69) is 5.10 Å². The van der Waals surface area contributed by atoms with Crippen LogP contribution in [0.5, 0.6) is 11.5 Å². The Morgan fingerprint density at radius 2 is 1.86 bits per heavy atom. The predicted octanol–water partition coefficient (Wildman–Crippen LogP) is 4.51. The molecule has 0 unspecified atom stereocenters. The Labute approximate surface area is 170 Å². The summed E-state index contributed by atoms with van der Waals surface area (Å²) in [4.78, 5) is 17.7. The molecule has 3 aromatic rings. The first-order valence-electron chi connectivity index (χ1n) is 9.61. The third kappa shape index (κ3) is 4.18. The number of rotatable bonds is 7. The molecule has 3 rings (SSSR count). The van der Waals surface area contributed by atoms with E-state index in [-0.39, 0.29) is 18.6 Å². The summed E-state index contributed by atoms with van der Waals surface area (Å²) in [5.74, 6) is 1.05. The second kappa shape index (κ2) is 8.51. The third-order valence-electron chi connectivity index (χ3n) is 4.73. The first-order valence-corrected chi connectivity index (χ1v) is 9.61. The molecule has 7 heteroatoms. The fourth-order valence-electron chi connectivity index (χ4n) is 3.10. The average molecular weight is 397 g/mol. The van der Waals surface area contributed by atoms with E-state index in [4.69, 9.17) is 19.2 Å². The number of esters is 1. The van der Waals surface area contributed by atoms with Gasteiger partial charge in [0.15, 0.2) is 5.65 Å². The second-order valence-corrected chi connectivity index (χ2v) is 7.42. The van der Waals surface area contributed by atoms with Gasteiger partial charge in [-0.15, -0.1) is 0 Å². The summed E-state index contributed by atoms with van der Waals surface area (Å²) in [6.45, 7) is 8.21. The minimum absolute atomic E-state index is 0.0678. The van der Waals surface area contributed by atoms with Gasteiger partial charge in [0, 0.05) is 17.3 Å². The Bertz CT molecular complexity index is 1020. The van der Waals surface area contributed by atoms with Crippen LogP contribution in [0.2, 0.25) is 0 Å². The molecule has 0 saturated heterocycles. The highest BCUT2D eigenvalue weighted by Crippen LogP contribution is 2.27. The van der Waals surface area contributed by atoms with Crippen molar-refractivity contribution in [3.8, 4) is 11.5 Å². The molecule has 0 amide bonds. The summed E-state index contributed by atoms with van der Waals surface area (Å²) in [5, 5.41) is 5.10. The Morgan fingerprint density at radius 1 is 1.10 bits per heavy atom. The highest BCUT2D eigenvalue weighted by molar-refractivity contribution is 6.02. The maximum atomic E-state index is 13.0. The standard InChI is InChI=1S/C22H27N3O4/c1-13(2)19-10-17(18-11-23-25(14(3)4)21(18)24-19)22(26)29-12-15-9-16(27-5)7-8-20(15)28-6/h7-11,13-14H,12H2,1-6H3. The normalized spacial score (nSPS) is 11.3. The van der Waals surface area contributed by atoms with Crippen LogP contribution in [-0.4, -0.2) is 35.0 Å². The summed E-state index contributed by atoms with van der Waals surface area (Å²) in [5.41, 5.74) is 2.71. The molecule has 0 aliphatic carbocycles. The van der Waals surface area contributed by atoms with E-state index >= 15 is 0 Å². The molecule has 0 fully saturated rings. The monoisotopic (exact) mass is 397 g/mol. The number of pyridine rings is 1. The molecule has 2 heterocycles. The van der Waals surface area contributed by atoms with Crippen LogP contribution in [0.25, 0.3) is 11.0 Å². The minimum Gasteiger partial charge on any atom is -0.497 e. The predicted molar refractivity (Wildman–Crippen MR) is 111 cm³/mol. The lowest BCUT2D eigenvalue weighted by Crippen LogP contribution is -2.10. The Hall–Kier alpha value is -3.09. The van der Waals surface area contributed by atoms with Crippen LogP contribution < -0.4 is 9.47 Å². The van der Waals surface area contributed by atoms with Gasteiger partial charge in [0.1, 0.15) is 18.1 Å². The summed E-state index contributed by atoms with van der Waals surface area (Å²) in [7, 11) is 3.17. The molecule has 2 aromatic heterocycles. The lowest BCUT2D eigenvalue weighted by atomic mass is 10.1. The third-order valence-corrected chi connectivity index (χ3v) is 4.73. The van der Waals surface area contributed by atoms with E-state index in [1.165, 1.54) is 0 Å². The number of methoxy groups -OCH3 is 2. The first kappa shape index (κ1) is 20.6. The molecular formula is C22H27N3O4. The average Bonchev–Trinajstić information content (AvgIpc) is 3.15. The van der Waals surface area contributed by atoms with E-state index in [0.29, 0.717) is 28.1 Å². The van der Waals surface area contributed by atoms with E-state index in [0.717, 1.165) is 11.3 Å². The van der Waals surface area contributed by atoms with Crippen molar-refractivity contribution < 1.29 is 19.0 Å². The van der Waals surface area contributed by atoms with Crippen molar-refractivity contribution in [2.75, 3.05) is 14.2 Å². The molecular weight excluding hydrogens is 370 g/mol. The Balaban J connectivity index is 1.95. The largest absolute Gasteiger partial charge is 0.497 e. The molecule has 0 atom stereocenters. The molecule has 0 bridgehead atoms. The van der Waals surface area contributed by atoms with Gasteiger partial charge in [-0.1, -0.05) is 13.8 Å². The zero-order valence-electron chi connectivity index (χ0n) is 17.7. The maximum absolute atomic E-state index is 13.0. The number of carbonyl (C=O) groups excluding carboxylic acids is 1. The van der Waals surface area contributed by atoms with Gasteiger partial charge in [-0.25, -0.2) is 14.5 Å². The fraction of sp³-hybridized carbons (Fsp3) is 0.409. The molecule has 1 aromatic carbocycles. The SMILES string of the molecule is COc1ccc(OC)c(COC(=O)c2cc(C(C)C)nc3c2cnn3C(C)C)c1. The molecule has 7 nitrogen and oxygen atoms in total. The Kier molecular flexibility index (Phi) is 6.06. The number of carbonyl (C=O) groups is 1. The van der Waals surface area contributed by atoms with Crippen LogP contribution in [0, 0.1) is 0 Å². The van der Waals surface area contributed by atoms with Crippen molar-refractivity contribution in [1.82, 2.24) is 14.8 Å².